The van der Waals surface area contributed by atoms with Gasteiger partial charge < -0.3 is 14.8 Å². The van der Waals surface area contributed by atoms with Crippen LogP contribution in [0.5, 0.6) is 0 Å². The number of amides is 3. The Kier molecular flexibility index (Phi) is 10.1. The van der Waals surface area contributed by atoms with Gasteiger partial charge in [-0.1, -0.05) is 41.5 Å². The molecule has 0 spiro atoms. The fourth-order valence-corrected chi connectivity index (χ4v) is 3.02. The largest absolute Gasteiger partial charge is 0.379 e. The van der Waals surface area contributed by atoms with Crippen LogP contribution in [0.4, 0.5) is 0 Å². The van der Waals surface area contributed by atoms with E-state index in [4.69, 9.17) is 9.47 Å². The van der Waals surface area contributed by atoms with Crippen LogP contribution >= 0.6 is 0 Å². The minimum Gasteiger partial charge on any atom is -0.379 e. The van der Waals surface area contributed by atoms with Crippen LogP contribution < -0.4 is 5.32 Å². The maximum atomic E-state index is 12.4. The fourth-order valence-electron chi connectivity index (χ4n) is 3.02. The molecular formula is C22H38N2O6. The number of nitrogens with one attached hydrogen (secondary N) is 1. The number of nitrogens with zero attached hydrogens (tertiary/aromatic N) is 1. The summed E-state index contributed by atoms with van der Waals surface area (Å²) in [5, 5.41) is 2.71. The molecule has 30 heavy (non-hydrogen) atoms. The van der Waals surface area contributed by atoms with Gasteiger partial charge in [-0.3, -0.25) is 24.1 Å². The Balaban J connectivity index is 2.09. The van der Waals surface area contributed by atoms with E-state index < -0.39 is 0 Å². The summed E-state index contributed by atoms with van der Waals surface area (Å²) in [7, 11) is 0. The SMILES string of the molecule is CC(C)(C)C(=O)CCOCCOCCNC(=O)CCN1C(=O)CC(C(C)(C)C)C1=O. The lowest BCUT2D eigenvalue weighted by atomic mass is 9.80. The highest BCUT2D eigenvalue weighted by atomic mass is 16.5. The number of hydrogen-bond donors (Lipinski definition) is 1. The van der Waals surface area contributed by atoms with Gasteiger partial charge in [-0.2, -0.15) is 0 Å². The van der Waals surface area contributed by atoms with Gasteiger partial charge in [-0.15, -0.1) is 0 Å². The summed E-state index contributed by atoms with van der Waals surface area (Å²) in [5.74, 6) is -0.781. The Morgan fingerprint density at radius 1 is 0.967 bits per heavy atom. The van der Waals surface area contributed by atoms with Crippen molar-refractivity contribution in [1.29, 1.82) is 0 Å². The second-order valence-corrected chi connectivity index (χ2v) is 9.75. The van der Waals surface area contributed by atoms with Crippen molar-refractivity contribution in [3.63, 3.8) is 0 Å². The number of ether oxygens (including phenoxy) is 2. The summed E-state index contributed by atoms with van der Waals surface area (Å²) in [6.45, 7) is 13.4. The number of imide groups is 1. The van der Waals surface area contributed by atoms with Crippen LogP contribution in [0.25, 0.3) is 0 Å². The summed E-state index contributed by atoms with van der Waals surface area (Å²) in [4.78, 5) is 49.3. The second kappa shape index (κ2) is 11.6. The summed E-state index contributed by atoms with van der Waals surface area (Å²) in [6, 6.07) is 0. The van der Waals surface area contributed by atoms with E-state index in [0.29, 0.717) is 39.4 Å². The highest BCUT2D eigenvalue weighted by Gasteiger charge is 2.44. The van der Waals surface area contributed by atoms with Gasteiger partial charge in [0.15, 0.2) is 0 Å². The van der Waals surface area contributed by atoms with E-state index in [1.807, 2.05) is 41.5 Å². The lowest BCUT2D eigenvalue weighted by Gasteiger charge is -2.24. The molecule has 0 aromatic rings. The molecule has 1 aliphatic heterocycles. The number of likely N-dealkylation sites (tertiary alicyclic amines) is 1. The minimum atomic E-state index is -0.346. The zero-order valence-corrected chi connectivity index (χ0v) is 19.3. The van der Waals surface area contributed by atoms with Gasteiger partial charge in [-0.05, 0) is 5.41 Å². The molecule has 1 atom stereocenters. The standard InChI is InChI=1S/C22H38N2O6/c1-21(2,3)16-15-19(27)24(20(16)28)10-7-18(26)23-9-12-30-14-13-29-11-8-17(25)22(4,5)6/h16H,7-15H2,1-6H3,(H,23,26). The van der Waals surface area contributed by atoms with Crippen molar-refractivity contribution in [2.45, 2.75) is 60.8 Å². The van der Waals surface area contributed by atoms with Crippen molar-refractivity contribution < 1.29 is 28.7 Å². The first-order valence-electron chi connectivity index (χ1n) is 10.6. The number of ketones is 1. The average Bonchev–Trinajstić information content (AvgIpc) is 2.91. The van der Waals surface area contributed by atoms with Crippen molar-refractivity contribution in [3.8, 4) is 0 Å². The molecule has 1 unspecified atom stereocenters. The zero-order chi connectivity index (χ0) is 22.9. The first-order chi connectivity index (χ1) is 13.8. The van der Waals surface area contributed by atoms with E-state index in [1.54, 1.807) is 0 Å². The number of Topliss-reactive ketones (excluding diaryl/α,β-unsaturated/α-hetero) is 1. The van der Waals surface area contributed by atoms with Crippen LogP contribution in [0.1, 0.15) is 60.8 Å². The molecule has 172 valence electrons. The van der Waals surface area contributed by atoms with E-state index in [1.165, 1.54) is 4.90 Å². The molecule has 1 N–H and O–H groups in total. The molecule has 0 saturated carbocycles. The third-order valence-electron chi connectivity index (χ3n) is 5.10. The van der Waals surface area contributed by atoms with E-state index in [-0.39, 0.29) is 59.6 Å². The minimum absolute atomic E-state index is 0.0826. The first kappa shape index (κ1) is 26.2. The van der Waals surface area contributed by atoms with Gasteiger partial charge in [0, 0.05) is 37.8 Å². The topological polar surface area (TPSA) is 102 Å². The Morgan fingerprint density at radius 3 is 2.10 bits per heavy atom. The van der Waals surface area contributed by atoms with E-state index >= 15 is 0 Å². The van der Waals surface area contributed by atoms with Gasteiger partial charge in [0.05, 0.1) is 32.3 Å². The molecular weight excluding hydrogens is 388 g/mol. The maximum Gasteiger partial charge on any atom is 0.233 e. The van der Waals surface area contributed by atoms with E-state index in [9.17, 15) is 19.2 Å². The maximum absolute atomic E-state index is 12.4. The molecule has 8 nitrogen and oxygen atoms in total. The quantitative estimate of drug-likeness (QED) is 0.378. The Labute approximate surface area is 180 Å². The smallest absolute Gasteiger partial charge is 0.233 e. The number of rotatable bonds is 12. The Bertz CT molecular complexity index is 618. The van der Waals surface area contributed by atoms with Crippen molar-refractivity contribution in [3.05, 3.63) is 0 Å². The molecule has 1 fully saturated rings. The molecule has 8 heteroatoms. The van der Waals surface area contributed by atoms with Gasteiger partial charge in [0.25, 0.3) is 0 Å². The third kappa shape index (κ3) is 8.92. The molecule has 1 rings (SSSR count). The van der Waals surface area contributed by atoms with Crippen LogP contribution in [-0.4, -0.2) is 67.9 Å². The van der Waals surface area contributed by atoms with Crippen molar-refractivity contribution in [2.75, 3.05) is 39.5 Å². The molecule has 0 aliphatic carbocycles. The van der Waals surface area contributed by atoms with Gasteiger partial charge in [-0.25, -0.2) is 0 Å². The van der Waals surface area contributed by atoms with Gasteiger partial charge >= 0.3 is 0 Å². The van der Waals surface area contributed by atoms with Crippen molar-refractivity contribution in [1.82, 2.24) is 10.2 Å². The summed E-state index contributed by atoms with van der Waals surface area (Å²) in [6.07, 6.45) is 0.682. The molecule has 0 radical (unpaired) electrons. The molecule has 1 heterocycles. The molecule has 1 saturated heterocycles. The van der Waals surface area contributed by atoms with Crippen LogP contribution in [0.15, 0.2) is 0 Å². The number of carbonyl (C=O) groups excluding carboxylic acids is 4. The van der Waals surface area contributed by atoms with Crippen LogP contribution in [0.3, 0.4) is 0 Å². The van der Waals surface area contributed by atoms with E-state index in [2.05, 4.69) is 5.32 Å². The molecule has 3 amide bonds. The predicted octanol–water partition coefficient (Wildman–Crippen LogP) is 1.95. The zero-order valence-electron chi connectivity index (χ0n) is 19.3. The number of carbonyl (C=O) groups is 4. The summed E-state index contributed by atoms with van der Waals surface area (Å²) in [5.41, 5.74) is -0.616. The first-order valence-corrected chi connectivity index (χ1v) is 10.6. The predicted molar refractivity (Wildman–Crippen MR) is 113 cm³/mol. The lowest BCUT2D eigenvalue weighted by Crippen LogP contribution is -2.37. The highest BCUT2D eigenvalue weighted by molar-refractivity contribution is 6.04. The molecule has 1 aliphatic rings. The monoisotopic (exact) mass is 426 g/mol. The van der Waals surface area contributed by atoms with Crippen molar-refractivity contribution in [2.24, 2.45) is 16.7 Å². The van der Waals surface area contributed by atoms with Gasteiger partial charge in [0.1, 0.15) is 5.78 Å². The second-order valence-electron chi connectivity index (χ2n) is 9.75. The van der Waals surface area contributed by atoms with Gasteiger partial charge in [0.2, 0.25) is 17.7 Å². The van der Waals surface area contributed by atoms with Crippen molar-refractivity contribution >= 4 is 23.5 Å². The Morgan fingerprint density at radius 2 is 1.57 bits per heavy atom. The summed E-state index contributed by atoms with van der Waals surface area (Å²) >= 11 is 0. The third-order valence-corrected chi connectivity index (χ3v) is 5.10. The highest BCUT2D eigenvalue weighted by Crippen LogP contribution is 2.35. The number of hydrogen-bond acceptors (Lipinski definition) is 6. The van der Waals surface area contributed by atoms with Crippen LogP contribution in [0, 0.1) is 16.7 Å². The molecule has 0 aromatic carbocycles. The normalized spacial score (nSPS) is 17.5. The Hall–Kier alpha value is -1.80. The molecule has 0 aromatic heterocycles. The van der Waals surface area contributed by atoms with Crippen LogP contribution in [0.2, 0.25) is 0 Å². The van der Waals surface area contributed by atoms with E-state index in [0.717, 1.165) is 0 Å². The summed E-state index contributed by atoms with van der Waals surface area (Å²) < 4.78 is 10.8. The molecule has 0 bridgehead atoms. The fraction of sp³-hybridized carbons (Fsp3) is 0.818. The lowest BCUT2D eigenvalue weighted by molar-refractivity contribution is -0.140. The van der Waals surface area contributed by atoms with Crippen LogP contribution in [-0.2, 0) is 28.7 Å². The average molecular weight is 427 g/mol.